The van der Waals surface area contributed by atoms with Gasteiger partial charge in [0.15, 0.2) is 6.04 Å². The second kappa shape index (κ2) is 6.24. The first kappa shape index (κ1) is 13.7. The fourth-order valence-electron chi connectivity index (χ4n) is 1.35. The van der Waals surface area contributed by atoms with E-state index < -0.39 is 12.0 Å². The van der Waals surface area contributed by atoms with Crippen LogP contribution >= 0.6 is 0 Å². The van der Waals surface area contributed by atoms with E-state index in [-0.39, 0.29) is 12.4 Å². The van der Waals surface area contributed by atoms with E-state index in [2.05, 4.69) is 6.58 Å². The number of nitrogens with zero attached hydrogens (tertiary/aromatic N) is 2. The molecule has 1 aromatic rings. The van der Waals surface area contributed by atoms with Crippen molar-refractivity contribution in [3.05, 3.63) is 25.3 Å². The summed E-state index contributed by atoms with van der Waals surface area (Å²) in [6, 6.07) is -0.471. The Bertz CT molecular complexity index is 336. The summed E-state index contributed by atoms with van der Waals surface area (Å²) in [6.45, 7) is 5.57. The molecule has 0 saturated heterocycles. The Hall–Kier alpha value is -1.29. The van der Waals surface area contributed by atoms with E-state index in [0.29, 0.717) is 6.42 Å². The fourth-order valence-corrected chi connectivity index (χ4v) is 1.35. The van der Waals surface area contributed by atoms with Gasteiger partial charge in [-0.1, -0.05) is 19.9 Å². The van der Waals surface area contributed by atoms with E-state index in [4.69, 9.17) is 5.11 Å². The molecule has 0 fully saturated rings. The Morgan fingerprint density at radius 1 is 1.73 bits per heavy atom. The minimum atomic E-state index is -0.793. The van der Waals surface area contributed by atoms with E-state index in [0.717, 1.165) is 6.42 Å². The summed E-state index contributed by atoms with van der Waals surface area (Å²) in [5, 5.41) is 8.98. The van der Waals surface area contributed by atoms with Crippen molar-refractivity contribution in [2.75, 3.05) is 0 Å². The maximum absolute atomic E-state index is 10.9. The van der Waals surface area contributed by atoms with E-state index in [1.165, 1.54) is 0 Å². The van der Waals surface area contributed by atoms with Gasteiger partial charge in [-0.2, -0.15) is 0 Å². The van der Waals surface area contributed by atoms with Crippen LogP contribution in [0.3, 0.4) is 0 Å². The lowest BCUT2D eigenvalue weighted by molar-refractivity contribution is -0.710. The van der Waals surface area contributed by atoms with E-state index in [9.17, 15) is 4.79 Å². The van der Waals surface area contributed by atoms with Gasteiger partial charge in [-0.15, -0.1) is 0 Å². The number of rotatable bonds is 5. The highest BCUT2D eigenvalue weighted by atomic mass is 35.5. The smallest absolute Gasteiger partial charge is 0.349 e. The highest BCUT2D eigenvalue weighted by Gasteiger charge is 2.23. The van der Waals surface area contributed by atoms with Gasteiger partial charge in [-0.3, -0.25) is 0 Å². The first-order valence-corrected chi connectivity index (χ1v) is 4.62. The topological polar surface area (TPSA) is 46.1 Å². The Morgan fingerprint density at radius 3 is 2.80 bits per heavy atom. The van der Waals surface area contributed by atoms with Gasteiger partial charge in [0.05, 0.1) is 6.20 Å². The molecule has 1 heterocycles. The van der Waals surface area contributed by atoms with Gasteiger partial charge in [0.25, 0.3) is 0 Å². The average molecular weight is 231 g/mol. The Morgan fingerprint density at radius 2 is 2.40 bits per heavy atom. The Kier molecular flexibility index (Phi) is 5.70. The summed E-state index contributed by atoms with van der Waals surface area (Å²) in [6.07, 6.45) is 8.36. The summed E-state index contributed by atoms with van der Waals surface area (Å²) in [5.41, 5.74) is 0. The van der Waals surface area contributed by atoms with Gasteiger partial charge in [0.1, 0.15) is 12.4 Å². The molecular formula is C10H15ClN2O2. The number of imidazole rings is 1. The minimum Gasteiger partial charge on any atom is -1.00 e. The van der Waals surface area contributed by atoms with Crippen LogP contribution in [-0.2, 0) is 4.79 Å². The van der Waals surface area contributed by atoms with Crippen LogP contribution in [0.1, 0.15) is 25.8 Å². The van der Waals surface area contributed by atoms with Gasteiger partial charge in [0.2, 0.25) is 6.33 Å². The maximum atomic E-state index is 10.9. The van der Waals surface area contributed by atoms with E-state index in [1.54, 1.807) is 34.1 Å². The van der Waals surface area contributed by atoms with Gasteiger partial charge < -0.3 is 17.5 Å². The third kappa shape index (κ3) is 3.40. The molecule has 84 valence electrons. The molecule has 0 aliphatic carbocycles. The highest BCUT2D eigenvalue weighted by Crippen LogP contribution is 2.06. The molecule has 1 unspecified atom stereocenters. The standard InChI is InChI=1S/C10H14N2O2.ClH/c1-3-5-9(10(13)14)12-7-6-11(4-2)8-12;/h4,6-9H,2-3,5H2,1H3;1H. The molecule has 0 bridgehead atoms. The highest BCUT2D eigenvalue weighted by molar-refractivity contribution is 5.69. The molecule has 4 nitrogen and oxygen atoms in total. The maximum Gasteiger partial charge on any atom is 0.349 e. The SMILES string of the molecule is C=Cn1cc[n+](C(CCC)C(=O)O)c1.[Cl-]. The lowest BCUT2D eigenvalue weighted by Gasteiger charge is -2.06. The third-order valence-electron chi connectivity index (χ3n) is 2.10. The number of aromatic nitrogens is 2. The molecule has 1 atom stereocenters. The predicted octanol–water partition coefficient (Wildman–Crippen LogP) is -1.69. The molecule has 15 heavy (non-hydrogen) atoms. The van der Waals surface area contributed by atoms with Crippen LogP contribution in [0.2, 0.25) is 0 Å². The zero-order valence-electron chi connectivity index (χ0n) is 8.64. The van der Waals surface area contributed by atoms with Gasteiger partial charge >= 0.3 is 5.97 Å². The van der Waals surface area contributed by atoms with Crippen molar-refractivity contribution in [1.82, 2.24) is 4.57 Å². The molecule has 5 heteroatoms. The molecule has 1 rings (SSSR count). The predicted molar refractivity (Wildman–Crippen MR) is 52.6 cm³/mol. The number of carbonyl (C=O) groups is 1. The van der Waals surface area contributed by atoms with Crippen molar-refractivity contribution in [2.45, 2.75) is 25.8 Å². The van der Waals surface area contributed by atoms with Gasteiger partial charge in [-0.25, -0.2) is 13.9 Å². The minimum absolute atomic E-state index is 0. The van der Waals surface area contributed by atoms with Crippen molar-refractivity contribution < 1.29 is 26.9 Å². The average Bonchev–Trinajstić information content (AvgIpc) is 2.61. The largest absolute Gasteiger partial charge is 1.00 e. The van der Waals surface area contributed by atoms with Crippen LogP contribution in [0, 0.1) is 0 Å². The van der Waals surface area contributed by atoms with Crippen LogP contribution in [0.25, 0.3) is 6.20 Å². The van der Waals surface area contributed by atoms with Crippen LogP contribution in [0.5, 0.6) is 0 Å². The number of hydrogen-bond acceptors (Lipinski definition) is 1. The van der Waals surface area contributed by atoms with Crippen molar-refractivity contribution in [3.8, 4) is 0 Å². The van der Waals surface area contributed by atoms with Crippen LogP contribution in [0.15, 0.2) is 25.3 Å². The number of halogens is 1. The zero-order chi connectivity index (χ0) is 10.6. The normalized spacial score (nSPS) is 11.5. The number of hydrogen-bond donors (Lipinski definition) is 1. The Labute approximate surface area is 95.3 Å². The molecule has 1 aromatic heterocycles. The van der Waals surface area contributed by atoms with E-state index in [1.807, 2.05) is 6.92 Å². The first-order valence-electron chi connectivity index (χ1n) is 4.62. The number of carboxylic acids is 1. The molecule has 1 N–H and O–H groups in total. The van der Waals surface area contributed by atoms with Gasteiger partial charge in [-0.05, 0) is 6.42 Å². The second-order valence-electron chi connectivity index (χ2n) is 3.13. The lowest BCUT2D eigenvalue weighted by atomic mass is 10.2. The third-order valence-corrected chi connectivity index (χ3v) is 2.10. The summed E-state index contributed by atoms with van der Waals surface area (Å²) >= 11 is 0. The molecular weight excluding hydrogens is 216 g/mol. The molecule has 0 amide bonds. The molecule has 0 aliphatic rings. The van der Waals surface area contributed by atoms with Crippen molar-refractivity contribution in [2.24, 2.45) is 0 Å². The summed E-state index contributed by atoms with van der Waals surface area (Å²) < 4.78 is 3.42. The summed E-state index contributed by atoms with van der Waals surface area (Å²) in [7, 11) is 0. The van der Waals surface area contributed by atoms with Crippen LogP contribution < -0.4 is 17.0 Å². The van der Waals surface area contributed by atoms with Crippen molar-refractivity contribution >= 4 is 12.2 Å². The Balaban J connectivity index is 0.00000196. The molecule has 0 spiro atoms. The van der Waals surface area contributed by atoms with Crippen LogP contribution in [-0.4, -0.2) is 15.6 Å². The number of aliphatic carboxylic acids is 1. The fraction of sp³-hybridized carbons (Fsp3) is 0.400. The number of carboxylic acid groups (broad SMARTS) is 1. The second-order valence-corrected chi connectivity index (χ2v) is 3.13. The van der Waals surface area contributed by atoms with Gasteiger partial charge in [0, 0.05) is 0 Å². The first-order chi connectivity index (χ1) is 6.69. The van der Waals surface area contributed by atoms with Crippen molar-refractivity contribution in [3.63, 3.8) is 0 Å². The van der Waals surface area contributed by atoms with E-state index >= 15 is 0 Å². The summed E-state index contributed by atoms with van der Waals surface area (Å²) in [4.78, 5) is 10.9. The monoisotopic (exact) mass is 230 g/mol. The molecule has 0 aliphatic heterocycles. The van der Waals surface area contributed by atoms with Crippen LogP contribution in [0.4, 0.5) is 0 Å². The quantitative estimate of drug-likeness (QED) is 0.614. The summed E-state index contributed by atoms with van der Waals surface area (Å²) in [5.74, 6) is -0.793. The zero-order valence-corrected chi connectivity index (χ0v) is 9.39. The molecule has 0 saturated carbocycles. The molecule has 0 radical (unpaired) electrons. The van der Waals surface area contributed by atoms with Crippen molar-refractivity contribution in [1.29, 1.82) is 0 Å². The molecule has 0 aromatic carbocycles. The lowest BCUT2D eigenvalue weighted by Crippen LogP contribution is -3.00.